The first-order chi connectivity index (χ1) is 14.3. The number of ether oxygens (including phenoxy) is 2. The van der Waals surface area contributed by atoms with Crippen molar-refractivity contribution in [1.82, 2.24) is 10.2 Å². The van der Waals surface area contributed by atoms with Gasteiger partial charge in [-0.05, 0) is 37.1 Å². The highest BCUT2D eigenvalue weighted by Gasteiger charge is 2.32. The molecule has 8 nitrogen and oxygen atoms in total. The maximum absolute atomic E-state index is 12.7. The van der Waals surface area contributed by atoms with Crippen LogP contribution in [-0.4, -0.2) is 58.4 Å². The first-order valence-electron chi connectivity index (χ1n) is 9.39. The first-order valence-corrected chi connectivity index (χ1v) is 10.6. The van der Waals surface area contributed by atoms with Gasteiger partial charge >= 0.3 is 5.97 Å². The summed E-state index contributed by atoms with van der Waals surface area (Å²) in [5.41, 5.74) is 0.751. The molecule has 2 amide bonds. The number of benzene rings is 1. The van der Waals surface area contributed by atoms with Crippen LogP contribution in [-0.2, 0) is 14.4 Å². The van der Waals surface area contributed by atoms with E-state index in [1.807, 2.05) is 13.0 Å². The van der Waals surface area contributed by atoms with Gasteiger partial charge in [0.25, 0.3) is 5.91 Å². The molecular weight excluding hydrogens is 428 g/mol. The lowest BCUT2D eigenvalue weighted by atomic mass is 10.2. The molecule has 0 aliphatic carbocycles. The molecule has 10 heteroatoms. The fraction of sp³-hybridized carbons (Fsp3) is 0.400. The van der Waals surface area contributed by atoms with Crippen LogP contribution in [0.5, 0.6) is 11.5 Å². The zero-order valence-corrected chi connectivity index (χ0v) is 18.6. The van der Waals surface area contributed by atoms with Crippen molar-refractivity contribution < 1.29 is 29.0 Å². The van der Waals surface area contributed by atoms with Crippen LogP contribution in [0.15, 0.2) is 23.1 Å². The number of thioether (sulfide) groups is 1. The molecule has 0 bridgehead atoms. The lowest BCUT2D eigenvalue weighted by molar-refractivity contribution is -0.142. The van der Waals surface area contributed by atoms with Gasteiger partial charge in [0, 0.05) is 13.0 Å². The van der Waals surface area contributed by atoms with Crippen LogP contribution in [0.25, 0.3) is 6.08 Å². The molecule has 1 fully saturated rings. The van der Waals surface area contributed by atoms with E-state index in [4.69, 9.17) is 26.8 Å². The Morgan fingerprint density at radius 1 is 1.33 bits per heavy atom. The monoisotopic (exact) mass is 452 g/mol. The molecule has 2 rings (SSSR count). The molecule has 0 saturated carbocycles. The number of hydrogen-bond acceptors (Lipinski definition) is 7. The topological polar surface area (TPSA) is 105 Å². The molecule has 1 aromatic rings. The van der Waals surface area contributed by atoms with Crippen LogP contribution in [0, 0.1) is 0 Å². The third kappa shape index (κ3) is 5.96. The van der Waals surface area contributed by atoms with E-state index in [2.05, 4.69) is 5.32 Å². The fourth-order valence-electron chi connectivity index (χ4n) is 2.71. The number of carboxylic acids is 1. The van der Waals surface area contributed by atoms with E-state index in [0.717, 1.165) is 17.3 Å². The molecule has 0 aromatic heterocycles. The minimum atomic E-state index is -1.09. The Labute approximate surface area is 184 Å². The number of carboxylic acid groups (broad SMARTS) is 1. The van der Waals surface area contributed by atoms with Crippen molar-refractivity contribution in [3.63, 3.8) is 0 Å². The molecule has 30 heavy (non-hydrogen) atoms. The highest BCUT2D eigenvalue weighted by molar-refractivity contribution is 8.26. The maximum Gasteiger partial charge on any atom is 0.326 e. The van der Waals surface area contributed by atoms with Gasteiger partial charge in [-0.25, -0.2) is 4.79 Å². The Balaban J connectivity index is 2.05. The third-order valence-electron chi connectivity index (χ3n) is 4.26. The van der Waals surface area contributed by atoms with Crippen molar-refractivity contribution >= 4 is 52.2 Å². The van der Waals surface area contributed by atoms with E-state index in [-0.39, 0.29) is 25.3 Å². The molecule has 0 spiro atoms. The molecule has 1 saturated heterocycles. The summed E-state index contributed by atoms with van der Waals surface area (Å²) in [6, 6.07) is 4.40. The maximum atomic E-state index is 12.7. The zero-order valence-electron chi connectivity index (χ0n) is 17.0. The van der Waals surface area contributed by atoms with Crippen LogP contribution in [0.4, 0.5) is 0 Å². The van der Waals surface area contributed by atoms with Gasteiger partial charge < -0.3 is 19.9 Å². The summed E-state index contributed by atoms with van der Waals surface area (Å²) in [6.07, 6.45) is 1.94. The molecule has 1 aliphatic heterocycles. The average Bonchev–Trinajstić information content (AvgIpc) is 2.98. The molecule has 0 radical (unpaired) electrons. The van der Waals surface area contributed by atoms with Gasteiger partial charge in [-0.15, -0.1) is 0 Å². The molecule has 1 atom stereocenters. The summed E-state index contributed by atoms with van der Waals surface area (Å²) in [4.78, 5) is 37.5. The van der Waals surface area contributed by atoms with Gasteiger partial charge in [0.05, 0.1) is 18.6 Å². The number of carbonyl (C=O) groups is 3. The van der Waals surface area contributed by atoms with Crippen molar-refractivity contribution in [2.24, 2.45) is 0 Å². The van der Waals surface area contributed by atoms with Gasteiger partial charge in [0.1, 0.15) is 10.4 Å². The van der Waals surface area contributed by atoms with Crippen molar-refractivity contribution in [3.05, 3.63) is 28.7 Å². The minimum absolute atomic E-state index is 0.0413. The molecule has 1 heterocycles. The van der Waals surface area contributed by atoms with Crippen molar-refractivity contribution in [3.8, 4) is 11.5 Å². The minimum Gasteiger partial charge on any atom is -0.493 e. The Bertz CT molecular complexity index is 871. The van der Waals surface area contributed by atoms with Gasteiger partial charge in [-0.3, -0.25) is 14.5 Å². The molecule has 1 aromatic carbocycles. The quantitative estimate of drug-likeness (QED) is 0.412. The SMILES string of the molecule is CCOc1ccc(/C=C2/SC(=S)N(CCC(=O)N[C@H](CC)C(=O)O)C2=O)cc1OC. The number of carbonyl (C=O) groups excluding carboxylic acids is 2. The zero-order chi connectivity index (χ0) is 22.3. The first kappa shape index (κ1) is 23.7. The van der Waals surface area contributed by atoms with Crippen molar-refractivity contribution in [1.29, 1.82) is 0 Å². The lowest BCUT2D eigenvalue weighted by Gasteiger charge is -2.16. The second kappa shape index (κ2) is 11.0. The molecule has 162 valence electrons. The normalized spacial score (nSPS) is 16.0. The number of rotatable bonds is 10. The third-order valence-corrected chi connectivity index (χ3v) is 5.64. The second-order valence-corrected chi connectivity index (χ2v) is 7.97. The molecular formula is C20H24N2O6S2. The predicted octanol–water partition coefficient (Wildman–Crippen LogP) is 2.66. The van der Waals surface area contributed by atoms with Crippen LogP contribution in [0.1, 0.15) is 32.3 Å². The number of nitrogens with zero attached hydrogens (tertiary/aromatic N) is 1. The molecule has 0 unspecified atom stereocenters. The molecule has 2 N–H and O–H groups in total. The van der Waals surface area contributed by atoms with Gasteiger partial charge in [-0.2, -0.15) is 0 Å². The van der Waals surface area contributed by atoms with Crippen molar-refractivity contribution in [2.45, 2.75) is 32.7 Å². The van der Waals surface area contributed by atoms with Crippen LogP contribution in [0.3, 0.4) is 0 Å². The van der Waals surface area contributed by atoms with E-state index < -0.39 is 17.9 Å². The van der Waals surface area contributed by atoms with Gasteiger partial charge in [0.2, 0.25) is 5.91 Å². The highest BCUT2D eigenvalue weighted by Crippen LogP contribution is 2.34. The Kier molecular flexibility index (Phi) is 8.67. The van der Waals surface area contributed by atoms with Crippen molar-refractivity contribution in [2.75, 3.05) is 20.3 Å². The smallest absolute Gasteiger partial charge is 0.326 e. The van der Waals surface area contributed by atoms with E-state index in [1.165, 1.54) is 4.90 Å². The summed E-state index contributed by atoms with van der Waals surface area (Å²) < 4.78 is 11.2. The number of thiocarbonyl (C=S) groups is 1. The number of nitrogens with one attached hydrogen (secondary N) is 1. The van der Waals surface area contributed by atoms with Crippen LogP contribution in [0.2, 0.25) is 0 Å². The summed E-state index contributed by atoms with van der Waals surface area (Å²) >= 11 is 6.43. The van der Waals surface area contributed by atoms with E-state index >= 15 is 0 Å². The molecule has 1 aliphatic rings. The Morgan fingerprint density at radius 2 is 2.07 bits per heavy atom. The number of aliphatic carboxylic acids is 1. The lowest BCUT2D eigenvalue weighted by Crippen LogP contribution is -2.42. The largest absolute Gasteiger partial charge is 0.493 e. The summed E-state index contributed by atoms with van der Waals surface area (Å²) in [5, 5.41) is 11.4. The van der Waals surface area contributed by atoms with E-state index in [0.29, 0.717) is 27.3 Å². The van der Waals surface area contributed by atoms with Crippen LogP contribution < -0.4 is 14.8 Å². The van der Waals surface area contributed by atoms with Gasteiger partial charge in [0.15, 0.2) is 11.5 Å². The van der Waals surface area contributed by atoms with E-state index in [9.17, 15) is 14.4 Å². The van der Waals surface area contributed by atoms with Crippen LogP contribution >= 0.6 is 24.0 Å². The number of amides is 2. The summed E-state index contributed by atoms with van der Waals surface area (Å²) in [7, 11) is 1.54. The Morgan fingerprint density at radius 3 is 2.67 bits per heavy atom. The predicted molar refractivity (Wildman–Crippen MR) is 119 cm³/mol. The second-order valence-electron chi connectivity index (χ2n) is 6.29. The number of hydrogen-bond donors (Lipinski definition) is 2. The Hall–Kier alpha value is -2.59. The summed E-state index contributed by atoms with van der Waals surface area (Å²) in [5.74, 6) is -0.663. The number of methoxy groups -OCH3 is 1. The van der Waals surface area contributed by atoms with E-state index in [1.54, 1.807) is 32.2 Å². The fourth-order valence-corrected chi connectivity index (χ4v) is 4.02. The highest BCUT2D eigenvalue weighted by atomic mass is 32.2. The average molecular weight is 453 g/mol. The summed E-state index contributed by atoms with van der Waals surface area (Å²) in [6.45, 7) is 4.13. The standard InChI is InChI=1S/C20H24N2O6S2/c1-4-13(19(25)26)21-17(23)8-9-22-18(24)16(30-20(22)29)11-12-6-7-14(28-5-2)15(10-12)27-3/h6-7,10-11,13H,4-5,8-9H2,1-3H3,(H,21,23)(H,25,26)/b16-11+/t13-/m1/s1. The van der Waals surface area contributed by atoms with Gasteiger partial charge in [-0.1, -0.05) is 37.0 Å².